The molecule has 1 aliphatic rings. The number of para-hydroxylation sites is 1. The number of esters is 1. The van der Waals surface area contributed by atoms with Gasteiger partial charge < -0.3 is 14.6 Å². The maximum absolute atomic E-state index is 12.1. The highest BCUT2D eigenvalue weighted by atomic mass is 16.6. The van der Waals surface area contributed by atoms with Crippen LogP contribution in [0.5, 0.6) is 5.75 Å². The zero-order valence-corrected chi connectivity index (χ0v) is 11.9. The van der Waals surface area contributed by atoms with Gasteiger partial charge in [0.05, 0.1) is 0 Å². The Morgan fingerprint density at radius 3 is 2.64 bits per heavy atom. The number of aliphatic hydroxyl groups excluding tert-OH is 1. The summed E-state index contributed by atoms with van der Waals surface area (Å²) in [5, 5.41) is 10.0. The van der Waals surface area contributed by atoms with Gasteiger partial charge >= 0.3 is 5.97 Å². The number of aliphatic hydroxyl groups is 1. The zero-order chi connectivity index (χ0) is 15.5. The molecule has 5 heteroatoms. The lowest BCUT2D eigenvalue weighted by Gasteiger charge is -2.31. The predicted molar refractivity (Wildman–Crippen MR) is 80.0 cm³/mol. The Bertz CT molecular complexity index is 659. The summed E-state index contributed by atoms with van der Waals surface area (Å²) >= 11 is 0. The number of hydrogen-bond acceptors (Lipinski definition) is 5. The van der Waals surface area contributed by atoms with Gasteiger partial charge in [-0.1, -0.05) is 48.5 Å². The molecular weight excluding hydrogens is 282 g/mol. The van der Waals surface area contributed by atoms with Crippen molar-refractivity contribution in [3.05, 3.63) is 65.7 Å². The lowest BCUT2D eigenvalue weighted by Crippen LogP contribution is -2.47. The van der Waals surface area contributed by atoms with Crippen LogP contribution >= 0.6 is 0 Å². The predicted octanol–water partition coefficient (Wildman–Crippen LogP) is 1.55. The molecule has 0 spiro atoms. The third-order valence-electron chi connectivity index (χ3n) is 3.63. The molecule has 0 aliphatic carbocycles. The van der Waals surface area contributed by atoms with Crippen LogP contribution in [0.4, 0.5) is 0 Å². The van der Waals surface area contributed by atoms with Gasteiger partial charge in [0.15, 0.2) is 18.4 Å². The van der Waals surface area contributed by atoms with E-state index in [1.807, 2.05) is 30.3 Å². The fraction of sp³-hybridized carbons (Fsp3) is 0.235. The van der Waals surface area contributed by atoms with E-state index in [0.717, 1.165) is 5.56 Å². The molecule has 1 aliphatic heterocycles. The molecule has 2 aromatic rings. The number of benzene rings is 2. The van der Waals surface area contributed by atoms with Crippen LogP contribution in [0.1, 0.15) is 17.2 Å². The first-order valence-corrected chi connectivity index (χ1v) is 7.09. The highest BCUT2D eigenvalue weighted by molar-refractivity contribution is 5.76. The smallest absolute Gasteiger partial charge is 0.340 e. The maximum Gasteiger partial charge on any atom is 0.340 e. The van der Waals surface area contributed by atoms with Crippen molar-refractivity contribution in [1.29, 1.82) is 0 Å². The van der Waals surface area contributed by atoms with E-state index in [4.69, 9.17) is 15.2 Å². The fourth-order valence-electron chi connectivity index (χ4n) is 2.44. The monoisotopic (exact) mass is 299 g/mol. The summed E-state index contributed by atoms with van der Waals surface area (Å²) in [7, 11) is 0. The minimum Gasteiger partial charge on any atom is -0.471 e. The zero-order valence-electron chi connectivity index (χ0n) is 11.9. The van der Waals surface area contributed by atoms with Crippen LogP contribution in [0.3, 0.4) is 0 Å². The number of nitrogens with two attached hydrogens (primary N) is 1. The number of hydrogen-bond donors (Lipinski definition) is 2. The van der Waals surface area contributed by atoms with Crippen LogP contribution in [0, 0.1) is 0 Å². The molecule has 0 saturated heterocycles. The van der Waals surface area contributed by atoms with E-state index in [2.05, 4.69) is 0 Å². The Morgan fingerprint density at radius 2 is 1.86 bits per heavy atom. The maximum atomic E-state index is 12.1. The summed E-state index contributed by atoms with van der Waals surface area (Å²) in [6.45, 7) is 0. The number of fused-ring (bicyclic) bond motifs is 1. The molecule has 3 N–H and O–H groups in total. The molecule has 1 heterocycles. The largest absolute Gasteiger partial charge is 0.471 e. The van der Waals surface area contributed by atoms with Crippen molar-refractivity contribution < 1.29 is 19.4 Å². The molecule has 0 amide bonds. The van der Waals surface area contributed by atoms with Crippen LogP contribution in [0.25, 0.3) is 0 Å². The number of ether oxygens (including phenoxy) is 2. The second kappa shape index (κ2) is 6.17. The average Bonchev–Trinajstić information content (AvgIpc) is 2.55. The third-order valence-corrected chi connectivity index (χ3v) is 3.63. The molecule has 22 heavy (non-hydrogen) atoms. The molecule has 0 fully saturated rings. The van der Waals surface area contributed by atoms with Crippen molar-refractivity contribution in [3.63, 3.8) is 0 Å². The van der Waals surface area contributed by atoms with Gasteiger partial charge in [-0.25, -0.2) is 4.79 Å². The fourth-order valence-corrected chi connectivity index (χ4v) is 2.44. The molecule has 0 bridgehead atoms. The van der Waals surface area contributed by atoms with E-state index in [9.17, 15) is 9.90 Å². The SMILES string of the molecule is N[C@@H]1Oc2ccccc2C[C@@H]1OC(=O)[C@@H](O)c1ccccc1. The topological polar surface area (TPSA) is 81.8 Å². The summed E-state index contributed by atoms with van der Waals surface area (Å²) in [6.07, 6.45) is -2.24. The van der Waals surface area contributed by atoms with Gasteiger partial charge in [-0.2, -0.15) is 0 Å². The van der Waals surface area contributed by atoms with Crippen molar-refractivity contribution in [1.82, 2.24) is 0 Å². The average molecular weight is 299 g/mol. The molecular formula is C17H17NO4. The van der Waals surface area contributed by atoms with E-state index in [0.29, 0.717) is 17.7 Å². The van der Waals surface area contributed by atoms with E-state index in [1.165, 1.54) is 0 Å². The lowest BCUT2D eigenvalue weighted by atomic mass is 10.0. The molecule has 114 valence electrons. The van der Waals surface area contributed by atoms with Crippen molar-refractivity contribution in [2.24, 2.45) is 5.73 Å². The second-order valence-corrected chi connectivity index (χ2v) is 5.18. The normalized spacial score (nSPS) is 21.4. The minimum atomic E-state index is -1.33. The highest BCUT2D eigenvalue weighted by Gasteiger charge is 2.32. The van der Waals surface area contributed by atoms with E-state index in [1.54, 1.807) is 24.3 Å². The highest BCUT2D eigenvalue weighted by Crippen LogP contribution is 2.28. The minimum absolute atomic E-state index is 0.463. The summed E-state index contributed by atoms with van der Waals surface area (Å²) in [6, 6.07) is 16.1. The van der Waals surface area contributed by atoms with Crippen molar-refractivity contribution in [3.8, 4) is 5.75 Å². The Balaban J connectivity index is 1.69. The number of carbonyl (C=O) groups excluding carboxylic acids is 1. The van der Waals surface area contributed by atoms with Crippen molar-refractivity contribution in [2.75, 3.05) is 0 Å². The van der Waals surface area contributed by atoms with Crippen LogP contribution in [-0.2, 0) is 16.0 Å². The van der Waals surface area contributed by atoms with Crippen LogP contribution in [0.2, 0.25) is 0 Å². The Morgan fingerprint density at radius 1 is 1.18 bits per heavy atom. The summed E-state index contributed by atoms with van der Waals surface area (Å²) < 4.78 is 10.9. The standard InChI is InChI=1S/C17H17NO4/c18-16-14(10-12-8-4-5-9-13(12)21-16)22-17(20)15(19)11-6-2-1-3-7-11/h1-9,14-16,19H,10,18H2/t14-,15-,16+/m0/s1. The van der Waals surface area contributed by atoms with Crippen molar-refractivity contribution in [2.45, 2.75) is 24.9 Å². The molecule has 3 rings (SSSR count). The van der Waals surface area contributed by atoms with Gasteiger partial charge in [0.25, 0.3) is 0 Å². The molecule has 3 atom stereocenters. The summed E-state index contributed by atoms with van der Waals surface area (Å²) in [4.78, 5) is 12.1. The van der Waals surface area contributed by atoms with Gasteiger partial charge in [0.1, 0.15) is 5.75 Å². The van der Waals surface area contributed by atoms with E-state index >= 15 is 0 Å². The molecule has 2 aromatic carbocycles. The van der Waals surface area contributed by atoms with E-state index < -0.39 is 24.4 Å². The molecule has 0 aromatic heterocycles. The number of carbonyl (C=O) groups is 1. The first-order valence-electron chi connectivity index (χ1n) is 7.09. The first kappa shape index (κ1) is 14.6. The van der Waals surface area contributed by atoms with Gasteiger partial charge in [-0.3, -0.25) is 5.73 Å². The van der Waals surface area contributed by atoms with Crippen molar-refractivity contribution >= 4 is 5.97 Å². The molecule has 0 unspecified atom stereocenters. The number of rotatable bonds is 3. The Labute approximate surface area is 128 Å². The van der Waals surface area contributed by atoms with Gasteiger partial charge in [-0.05, 0) is 17.2 Å². The van der Waals surface area contributed by atoms with Gasteiger partial charge in [0.2, 0.25) is 0 Å². The summed E-state index contributed by atoms with van der Waals surface area (Å²) in [5.41, 5.74) is 7.31. The van der Waals surface area contributed by atoms with E-state index in [-0.39, 0.29) is 0 Å². The Hall–Kier alpha value is -2.37. The van der Waals surface area contributed by atoms with Crippen LogP contribution < -0.4 is 10.5 Å². The lowest BCUT2D eigenvalue weighted by molar-refractivity contribution is -0.165. The molecule has 5 nitrogen and oxygen atoms in total. The van der Waals surface area contributed by atoms with Crippen LogP contribution in [0.15, 0.2) is 54.6 Å². The second-order valence-electron chi connectivity index (χ2n) is 5.18. The van der Waals surface area contributed by atoms with Gasteiger partial charge in [0, 0.05) is 6.42 Å². The van der Waals surface area contributed by atoms with Gasteiger partial charge in [-0.15, -0.1) is 0 Å². The quantitative estimate of drug-likeness (QED) is 0.840. The summed E-state index contributed by atoms with van der Waals surface area (Å²) in [5.74, 6) is -0.0273. The molecule has 0 radical (unpaired) electrons. The third kappa shape index (κ3) is 2.95. The Kier molecular flexibility index (Phi) is 4.09. The first-order chi connectivity index (χ1) is 10.6. The molecule has 0 saturated carbocycles. The van der Waals surface area contributed by atoms with Crippen LogP contribution in [-0.4, -0.2) is 23.4 Å².